The molecule has 5 heteroatoms. The van der Waals surface area contributed by atoms with Crippen molar-refractivity contribution in [2.24, 2.45) is 11.7 Å². The molecule has 0 aliphatic heterocycles. The molecule has 0 aliphatic rings. The van der Waals surface area contributed by atoms with Crippen molar-refractivity contribution in [3.05, 3.63) is 28.2 Å². The molecule has 19 heavy (non-hydrogen) atoms. The van der Waals surface area contributed by atoms with Crippen molar-refractivity contribution >= 4 is 21.8 Å². The number of nitrogens with one attached hydrogen (secondary N) is 1. The summed E-state index contributed by atoms with van der Waals surface area (Å²) in [5.74, 6) is 0.137. The van der Waals surface area contributed by atoms with Gasteiger partial charge in [-0.1, -0.05) is 36.7 Å². The van der Waals surface area contributed by atoms with Crippen LogP contribution in [0.5, 0.6) is 5.75 Å². The maximum Gasteiger partial charge on any atom is 0.223 e. The van der Waals surface area contributed by atoms with Crippen LogP contribution < -0.4 is 15.8 Å². The number of benzene rings is 1. The van der Waals surface area contributed by atoms with Crippen LogP contribution in [-0.4, -0.2) is 18.6 Å². The zero-order valence-corrected chi connectivity index (χ0v) is 13.2. The van der Waals surface area contributed by atoms with Crippen molar-refractivity contribution in [3.63, 3.8) is 0 Å². The van der Waals surface area contributed by atoms with Crippen LogP contribution in [0.2, 0.25) is 0 Å². The van der Waals surface area contributed by atoms with Crippen LogP contribution in [-0.2, 0) is 11.3 Å². The molecule has 0 aromatic heterocycles. The van der Waals surface area contributed by atoms with E-state index in [-0.39, 0.29) is 11.8 Å². The zero-order valence-electron chi connectivity index (χ0n) is 11.6. The topological polar surface area (TPSA) is 64.3 Å². The quantitative estimate of drug-likeness (QED) is 0.808. The average molecular weight is 329 g/mol. The summed E-state index contributed by atoms with van der Waals surface area (Å²) in [5, 5.41) is 3.35. The largest absolute Gasteiger partial charge is 0.492 e. The average Bonchev–Trinajstić information content (AvgIpc) is 2.34. The number of hydrogen-bond donors (Lipinski definition) is 2. The Balaban J connectivity index is 2.73. The van der Waals surface area contributed by atoms with Crippen molar-refractivity contribution < 1.29 is 9.53 Å². The molecule has 0 radical (unpaired) electrons. The Hall–Kier alpha value is -1.07. The first kappa shape index (κ1) is 16.0. The van der Waals surface area contributed by atoms with Crippen molar-refractivity contribution in [3.8, 4) is 5.75 Å². The van der Waals surface area contributed by atoms with Crippen molar-refractivity contribution in [2.45, 2.75) is 33.4 Å². The van der Waals surface area contributed by atoms with Crippen LogP contribution in [0.1, 0.15) is 26.3 Å². The maximum atomic E-state index is 11.0. The minimum Gasteiger partial charge on any atom is -0.492 e. The Morgan fingerprint density at radius 2 is 2.11 bits per heavy atom. The van der Waals surface area contributed by atoms with Crippen LogP contribution in [0.25, 0.3) is 0 Å². The van der Waals surface area contributed by atoms with Gasteiger partial charge < -0.3 is 15.8 Å². The Bertz CT molecular complexity index is 435. The number of amides is 1. The van der Waals surface area contributed by atoms with E-state index < -0.39 is 0 Å². The van der Waals surface area contributed by atoms with Gasteiger partial charge in [0.15, 0.2) is 0 Å². The number of halogens is 1. The molecular formula is C14H21BrN2O2. The van der Waals surface area contributed by atoms with Crippen LogP contribution in [0.4, 0.5) is 0 Å². The fraction of sp³-hybridized carbons (Fsp3) is 0.500. The molecule has 0 saturated carbocycles. The standard InChI is InChI=1S/C14H21BrN2O2/c1-9(2)17-7-11-6-12(15)4-5-13(11)19-8-10(3)14(16)18/h4-6,9-10,17H,7-8H2,1-3H3,(H2,16,18). The molecule has 1 amide bonds. The highest BCUT2D eigenvalue weighted by atomic mass is 79.9. The smallest absolute Gasteiger partial charge is 0.223 e. The molecule has 1 rings (SSSR count). The molecule has 0 bridgehead atoms. The Morgan fingerprint density at radius 3 is 2.68 bits per heavy atom. The van der Waals surface area contributed by atoms with Gasteiger partial charge >= 0.3 is 0 Å². The van der Waals surface area contributed by atoms with Gasteiger partial charge in [-0.25, -0.2) is 0 Å². The normalized spacial score (nSPS) is 12.5. The van der Waals surface area contributed by atoms with Gasteiger partial charge in [-0.3, -0.25) is 4.79 Å². The van der Waals surface area contributed by atoms with Gasteiger partial charge in [0.2, 0.25) is 5.91 Å². The number of nitrogens with two attached hydrogens (primary N) is 1. The molecular weight excluding hydrogens is 308 g/mol. The third-order valence-electron chi connectivity index (χ3n) is 2.70. The van der Waals surface area contributed by atoms with Gasteiger partial charge in [-0.05, 0) is 18.2 Å². The first-order valence-electron chi connectivity index (χ1n) is 6.34. The first-order valence-corrected chi connectivity index (χ1v) is 7.13. The van der Waals surface area contributed by atoms with Crippen molar-refractivity contribution in [2.75, 3.05) is 6.61 Å². The number of ether oxygens (including phenoxy) is 1. The van der Waals surface area contributed by atoms with Gasteiger partial charge in [0.25, 0.3) is 0 Å². The molecule has 0 fully saturated rings. The number of hydrogen-bond acceptors (Lipinski definition) is 3. The molecule has 3 N–H and O–H groups in total. The van der Waals surface area contributed by atoms with Crippen LogP contribution in [0, 0.1) is 5.92 Å². The monoisotopic (exact) mass is 328 g/mol. The second kappa shape index (κ2) is 7.50. The Morgan fingerprint density at radius 1 is 1.42 bits per heavy atom. The van der Waals surface area contributed by atoms with Gasteiger partial charge in [0.05, 0.1) is 12.5 Å². The number of rotatable bonds is 7. The molecule has 106 valence electrons. The maximum absolute atomic E-state index is 11.0. The summed E-state index contributed by atoms with van der Waals surface area (Å²) in [6, 6.07) is 6.23. The summed E-state index contributed by atoms with van der Waals surface area (Å²) in [6.45, 7) is 6.96. The van der Waals surface area contributed by atoms with Crippen LogP contribution in [0.15, 0.2) is 22.7 Å². The van der Waals surface area contributed by atoms with E-state index in [0.29, 0.717) is 12.6 Å². The highest BCUT2D eigenvalue weighted by Crippen LogP contribution is 2.23. The summed E-state index contributed by atoms with van der Waals surface area (Å²) < 4.78 is 6.69. The van der Waals surface area contributed by atoms with E-state index in [4.69, 9.17) is 10.5 Å². The summed E-state index contributed by atoms with van der Waals surface area (Å²) >= 11 is 3.45. The van der Waals surface area contributed by atoms with Crippen molar-refractivity contribution in [1.82, 2.24) is 5.32 Å². The summed E-state index contributed by atoms with van der Waals surface area (Å²) in [7, 11) is 0. The van der Waals surface area contributed by atoms with E-state index in [1.807, 2.05) is 18.2 Å². The SMILES string of the molecule is CC(C)NCc1cc(Br)ccc1OCC(C)C(N)=O. The number of carbonyl (C=O) groups is 1. The Labute approximate surface area is 122 Å². The third kappa shape index (κ3) is 5.61. The zero-order chi connectivity index (χ0) is 14.4. The molecule has 0 spiro atoms. The van der Waals surface area contributed by atoms with E-state index in [1.165, 1.54) is 0 Å². The molecule has 0 heterocycles. The molecule has 1 unspecified atom stereocenters. The lowest BCUT2D eigenvalue weighted by Gasteiger charge is -2.15. The summed E-state index contributed by atoms with van der Waals surface area (Å²) in [6.07, 6.45) is 0. The molecule has 1 aromatic rings. The molecule has 1 aromatic carbocycles. The van der Waals surface area contributed by atoms with Gasteiger partial charge in [-0.2, -0.15) is 0 Å². The summed E-state index contributed by atoms with van der Waals surface area (Å²) in [4.78, 5) is 11.0. The lowest BCUT2D eigenvalue weighted by Crippen LogP contribution is -2.26. The lowest BCUT2D eigenvalue weighted by molar-refractivity contribution is -0.122. The van der Waals surface area contributed by atoms with E-state index in [0.717, 1.165) is 22.3 Å². The first-order chi connectivity index (χ1) is 8.90. The van der Waals surface area contributed by atoms with E-state index >= 15 is 0 Å². The minimum atomic E-state index is -0.348. The minimum absolute atomic E-state index is 0.297. The molecule has 1 atom stereocenters. The third-order valence-corrected chi connectivity index (χ3v) is 3.19. The van der Waals surface area contributed by atoms with E-state index in [1.54, 1.807) is 6.92 Å². The van der Waals surface area contributed by atoms with E-state index in [2.05, 4.69) is 35.1 Å². The lowest BCUT2D eigenvalue weighted by atomic mass is 10.1. The van der Waals surface area contributed by atoms with Gasteiger partial charge in [-0.15, -0.1) is 0 Å². The molecule has 4 nitrogen and oxygen atoms in total. The fourth-order valence-electron chi connectivity index (χ4n) is 1.44. The van der Waals surface area contributed by atoms with Gasteiger partial charge in [0, 0.05) is 22.6 Å². The van der Waals surface area contributed by atoms with Crippen molar-refractivity contribution in [1.29, 1.82) is 0 Å². The van der Waals surface area contributed by atoms with Crippen LogP contribution in [0.3, 0.4) is 0 Å². The molecule has 0 aliphatic carbocycles. The highest BCUT2D eigenvalue weighted by molar-refractivity contribution is 9.10. The second-order valence-corrected chi connectivity index (χ2v) is 5.82. The molecule has 0 saturated heterocycles. The Kier molecular flexibility index (Phi) is 6.31. The predicted molar refractivity (Wildman–Crippen MR) is 80.0 cm³/mol. The van der Waals surface area contributed by atoms with Gasteiger partial charge in [0.1, 0.15) is 5.75 Å². The van der Waals surface area contributed by atoms with Crippen LogP contribution >= 0.6 is 15.9 Å². The fourth-order valence-corrected chi connectivity index (χ4v) is 1.85. The number of carbonyl (C=O) groups excluding carboxylic acids is 1. The number of primary amides is 1. The second-order valence-electron chi connectivity index (χ2n) is 4.90. The highest BCUT2D eigenvalue weighted by Gasteiger charge is 2.11. The summed E-state index contributed by atoms with van der Waals surface area (Å²) in [5.41, 5.74) is 6.28. The predicted octanol–water partition coefficient (Wildman–Crippen LogP) is 2.45. The van der Waals surface area contributed by atoms with E-state index in [9.17, 15) is 4.79 Å².